The Morgan fingerprint density at radius 3 is 2.55 bits per heavy atom. The van der Waals surface area contributed by atoms with E-state index < -0.39 is 0 Å². The number of nitrogens with one attached hydrogen (secondary N) is 3. The Morgan fingerprint density at radius 2 is 1.85 bits per heavy atom. The topological polar surface area (TPSA) is 97.3 Å². The van der Waals surface area contributed by atoms with Crippen molar-refractivity contribution in [3.63, 3.8) is 0 Å². The Balaban J connectivity index is 1.22. The third kappa shape index (κ3) is 5.26. The summed E-state index contributed by atoms with van der Waals surface area (Å²) in [5, 5.41) is 11.1. The first-order valence-electron chi connectivity index (χ1n) is 12.0. The molecule has 2 aromatic rings. The van der Waals surface area contributed by atoms with Gasteiger partial charge in [-0.1, -0.05) is 19.3 Å². The van der Waals surface area contributed by atoms with Gasteiger partial charge in [-0.05, 0) is 49.1 Å². The van der Waals surface area contributed by atoms with Crippen LogP contribution in [0, 0.1) is 5.41 Å². The average molecular weight is 469 g/mol. The smallest absolute Gasteiger partial charge is 0.261 e. The van der Waals surface area contributed by atoms with Crippen LogP contribution < -0.4 is 15.8 Å². The zero-order valence-electron chi connectivity index (χ0n) is 18.9. The Morgan fingerprint density at radius 1 is 1.12 bits per heavy atom. The second-order valence-corrected chi connectivity index (χ2v) is 10.2. The predicted molar refractivity (Wildman–Crippen MR) is 133 cm³/mol. The maximum absolute atomic E-state index is 12.6. The van der Waals surface area contributed by atoms with Crippen molar-refractivity contribution in [2.45, 2.75) is 49.0 Å². The van der Waals surface area contributed by atoms with Gasteiger partial charge in [0.05, 0.1) is 24.7 Å². The fraction of sp³-hybridized carbons (Fsp3) is 0.542. The second-order valence-electron chi connectivity index (χ2n) is 9.07. The summed E-state index contributed by atoms with van der Waals surface area (Å²) in [5.41, 5.74) is 1.29. The lowest BCUT2D eigenvalue weighted by atomic mass is 9.95. The second kappa shape index (κ2) is 10.3. The van der Waals surface area contributed by atoms with Crippen LogP contribution in [-0.4, -0.2) is 65.9 Å². The number of H-pyrrole nitrogens is 1. The molecule has 3 heterocycles. The maximum atomic E-state index is 12.6. The van der Waals surface area contributed by atoms with Crippen molar-refractivity contribution in [1.29, 1.82) is 5.41 Å². The number of rotatable bonds is 7. The zero-order chi connectivity index (χ0) is 22.6. The molecule has 5 rings (SSSR count). The molecule has 3 aliphatic rings. The monoisotopic (exact) mass is 468 g/mol. The van der Waals surface area contributed by atoms with Gasteiger partial charge in [-0.25, -0.2) is 9.29 Å². The molecule has 3 fully saturated rings. The van der Waals surface area contributed by atoms with E-state index in [4.69, 9.17) is 15.1 Å². The number of anilines is 2. The maximum Gasteiger partial charge on any atom is 0.261 e. The third-order valence-corrected chi connectivity index (χ3v) is 7.84. The molecule has 8 nitrogen and oxygen atoms in total. The number of morpholine rings is 1. The summed E-state index contributed by atoms with van der Waals surface area (Å²) in [4.78, 5) is 23.9. The highest BCUT2D eigenvalue weighted by Gasteiger charge is 2.31. The van der Waals surface area contributed by atoms with E-state index >= 15 is 0 Å². The molecule has 2 aliphatic heterocycles. The van der Waals surface area contributed by atoms with Crippen molar-refractivity contribution in [3.05, 3.63) is 46.0 Å². The Labute approximate surface area is 198 Å². The molecule has 1 saturated carbocycles. The fourth-order valence-electron chi connectivity index (χ4n) is 4.74. The number of nitrogens with zero attached hydrogens (tertiary/aromatic N) is 3. The molecule has 0 unspecified atom stereocenters. The highest BCUT2D eigenvalue weighted by Crippen LogP contribution is 2.32. The highest BCUT2D eigenvalue weighted by atomic mass is 32.2. The standard InChI is InChI=1S/C24H32N6O2S/c25-14-21-23(26-18-4-2-1-3-5-18)27-22(28-24(21)31)17-15-29(16-17)19-6-8-20(9-7-19)33-30-10-12-32-13-11-30/h6-9,14,17-18,25H,1-5,10-13,15-16H2,(H2,26,27,28,31). The normalized spacial score (nSPS) is 20.4. The minimum absolute atomic E-state index is 0.187. The number of hydrogen-bond acceptors (Lipinski definition) is 8. The van der Waals surface area contributed by atoms with Crippen LogP contribution in [0.1, 0.15) is 49.4 Å². The highest BCUT2D eigenvalue weighted by molar-refractivity contribution is 7.97. The van der Waals surface area contributed by atoms with E-state index in [1.807, 2.05) is 0 Å². The van der Waals surface area contributed by atoms with Crippen LogP contribution in [0.5, 0.6) is 0 Å². The van der Waals surface area contributed by atoms with Crippen molar-refractivity contribution in [2.24, 2.45) is 0 Å². The van der Waals surface area contributed by atoms with Gasteiger partial charge in [-0.3, -0.25) is 4.79 Å². The summed E-state index contributed by atoms with van der Waals surface area (Å²) in [6.45, 7) is 5.17. The molecule has 176 valence electrons. The van der Waals surface area contributed by atoms with Crippen molar-refractivity contribution in [2.75, 3.05) is 49.6 Å². The van der Waals surface area contributed by atoms with E-state index in [1.165, 1.54) is 29.8 Å². The van der Waals surface area contributed by atoms with Crippen molar-refractivity contribution >= 4 is 29.7 Å². The molecule has 0 bridgehead atoms. The van der Waals surface area contributed by atoms with E-state index in [9.17, 15) is 4.79 Å². The largest absolute Gasteiger partial charge is 0.379 e. The van der Waals surface area contributed by atoms with Gasteiger partial charge in [0.15, 0.2) is 0 Å². The lowest BCUT2D eigenvalue weighted by molar-refractivity contribution is 0.0773. The van der Waals surface area contributed by atoms with Gasteiger partial charge in [0, 0.05) is 49.0 Å². The van der Waals surface area contributed by atoms with E-state index in [2.05, 4.69) is 43.8 Å². The summed E-state index contributed by atoms with van der Waals surface area (Å²) >= 11 is 1.79. The Bertz CT molecular complexity index is 1010. The van der Waals surface area contributed by atoms with E-state index in [0.29, 0.717) is 17.4 Å². The van der Waals surface area contributed by atoms with Gasteiger partial charge in [0.2, 0.25) is 0 Å². The van der Waals surface area contributed by atoms with Gasteiger partial charge in [0.1, 0.15) is 11.6 Å². The number of ether oxygens (including phenoxy) is 1. The first-order chi connectivity index (χ1) is 16.2. The van der Waals surface area contributed by atoms with Crippen LogP contribution in [0.2, 0.25) is 0 Å². The summed E-state index contributed by atoms with van der Waals surface area (Å²) in [5.74, 6) is 1.48. The molecule has 0 spiro atoms. The molecule has 9 heteroatoms. The first-order valence-corrected chi connectivity index (χ1v) is 12.7. The van der Waals surface area contributed by atoms with Gasteiger partial charge in [-0.15, -0.1) is 0 Å². The summed E-state index contributed by atoms with van der Waals surface area (Å²) in [6, 6.07) is 9.03. The van der Waals surface area contributed by atoms with Crippen LogP contribution in [0.25, 0.3) is 0 Å². The fourth-order valence-corrected chi connectivity index (χ4v) is 5.63. The molecule has 0 atom stereocenters. The molecule has 3 N–H and O–H groups in total. The SMILES string of the molecule is N=Cc1c(NC2CCCCC2)nc(C2CN(c3ccc(SN4CCOCC4)cc3)C2)[nH]c1=O. The van der Waals surface area contributed by atoms with E-state index in [1.54, 1.807) is 11.9 Å². The molecule has 1 aromatic carbocycles. The summed E-state index contributed by atoms with van der Waals surface area (Å²) in [6.07, 6.45) is 6.99. The lowest BCUT2D eigenvalue weighted by Gasteiger charge is -2.40. The van der Waals surface area contributed by atoms with Gasteiger partial charge >= 0.3 is 0 Å². The molecule has 0 amide bonds. The number of hydrogen-bond donors (Lipinski definition) is 3. The number of aromatic amines is 1. The lowest BCUT2D eigenvalue weighted by Crippen LogP contribution is -2.46. The van der Waals surface area contributed by atoms with Crippen LogP contribution in [0.3, 0.4) is 0 Å². The molecule has 1 aromatic heterocycles. The van der Waals surface area contributed by atoms with Crippen molar-refractivity contribution in [1.82, 2.24) is 14.3 Å². The minimum Gasteiger partial charge on any atom is -0.379 e. The minimum atomic E-state index is -0.226. The number of aromatic nitrogens is 2. The molecular weight excluding hydrogens is 436 g/mol. The third-order valence-electron chi connectivity index (χ3n) is 6.74. The average Bonchev–Trinajstić information content (AvgIpc) is 2.81. The molecular formula is C24H32N6O2S. The van der Waals surface area contributed by atoms with E-state index in [0.717, 1.165) is 64.3 Å². The zero-order valence-corrected chi connectivity index (χ0v) is 19.7. The molecule has 2 saturated heterocycles. The van der Waals surface area contributed by atoms with Crippen molar-refractivity contribution in [3.8, 4) is 0 Å². The predicted octanol–water partition coefficient (Wildman–Crippen LogP) is 3.46. The summed E-state index contributed by atoms with van der Waals surface area (Å²) in [7, 11) is 0. The van der Waals surface area contributed by atoms with Gasteiger partial charge in [0.25, 0.3) is 5.56 Å². The van der Waals surface area contributed by atoms with Gasteiger partial charge < -0.3 is 25.3 Å². The summed E-state index contributed by atoms with van der Waals surface area (Å²) < 4.78 is 7.76. The number of benzene rings is 1. The van der Waals surface area contributed by atoms with Crippen LogP contribution in [0.4, 0.5) is 11.5 Å². The van der Waals surface area contributed by atoms with Crippen LogP contribution in [0.15, 0.2) is 34.0 Å². The quantitative estimate of drug-likeness (QED) is 0.423. The molecule has 33 heavy (non-hydrogen) atoms. The van der Waals surface area contributed by atoms with Crippen LogP contribution >= 0.6 is 11.9 Å². The van der Waals surface area contributed by atoms with E-state index in [-0.39, 0.29) is 11.5 Å². The molecule has 0 radical (unpaired) electrons. The first kappa shape index (κ1) is 22.4. The Hall–Kier alpha value is -2.36. The molecule has 1 aliphatic carbocycles. The Kier molecular flexibility index (Phi) is 6.99. The van der Waals surface area contributed by atoms with Gasteiger partial charge in [-0.2, -0.15) is 0 Å². The van der Waals surface area contributed by atoms with Crippen LogP contribution in [-0.2, 0) is 4.74 Å². The van der Waals surface area contributed by atoms with Crippen molar-refractivity contribution < 1.29 is 4.74 Å².